The Labute approximate surface area is 194 Å². The van der Waals surface area contributed by atoms with Crippen molar-refractivity contribution in [3.05, 3.63) is 71.4 Å². The number of amides is 1. The Kier molecular flexibility index (Phi) is 6.42. The van der Waals surface area contributed by atoms with Gasteiger partial charge in [0.05, 0.1) is 11.7 Å². The Balaban J connectivity index is 1.52. The number of pyridine rings is 1. The largest absolute Gasteiger partial charge is 0.457 e. The Morgan fingerprint density at radius 2 is 1.88 bits per heavy atom. The Morgan fingerprint density at radius 1 is 1.12 bits per heavy atom. The van der Waals surface area contributed by atoms with Crippen LogP contribution in [0, 0.1) is 12.3 Å². The molecule has 0 radical (unpaired) electrons. The highest BCUT2D eigenvalue weighted by molar-refractivity contribution is 6.01. The fourth-order valence-electron chi connectivity index (χ4n) is 3.86. The number of ether oxygens (including phenoxy) is 1. The molecule has 1 fully saturated rings. The normalized spacial score (nSPS) is 17.1. The van der Waals surface area contributed by atoms with Gasteiger partial charge < -0.3 is 26.1 Å². The second-order valence-electron chi connectivity index (χ2n) is 8.37. The fourth-order valence-corrected chi connectivity index (χ4v) is 3.86. The van der Waals surface area contributed by atoms with E-state index in [9.17, 15) is 4.79 Å². The molecule has 0 aliphatic carbocycles. The maximum absolute atomic E-state index is 12.6. The molecule has 7 heteroatoms. The van der Waals surface area contributed by atoms with Gasteiger partial charge >= 0.3 is 0 Å². The van der Waals surface area contributed by atoms with Crippen LogP contribution in [0.25, 0.3) is 11.3 Å². The van der Waals surface area contributed by atoms with Crippen LogP contribution in [0.2, 0.25) is 0 Å². The first-order valence-electron chi connectivity index (χ1n) is 11.0. The van der Waals surface area contributed by atoms with Crippen molar-refractivity contribution in [2.75, 3.05) is 18.9 Å². The van der Waals surface area contributed by atoms with Gasteiger partial charge in [-0.15, -0.1) is 0 Å². The molecule has 1 unspecified atom stereocenters. The molecular weight excluding hydrogens is 414 g/mol. The van der Waals surface area contributed by atoms with Crippen molar-refractivity contribution in [1.29, 1.82) is 5.41 Å². The molecule has 3 aromatic rings. The lowest BCUT2D eigenvalue weighted by Crippen LogP contribution is -2.63. The number of aryl methyl sites for hydroxylation is 1. The number of hydrogen-bond acceptors (Lipinski definition) is 6. The van der Waals surface area contributed by atoms with Crippen molar-refractivity contribution < 1.29 is 9.53 Å². The molecule has 1 aliphatic heterocycles. The molecule has 1 aliphatic rings. The number of rotatable bonds is 7. The highest BCUT2D eigenvalue weighted by Crippen LogP contribution is 2.29. The number of anilines is 1. The van der Waals surface area contributed by atoms with Crippen LogP contribution >= 0.6 is 0 Å². The zero-order valence-electron chi connectivity index (χ0n) is 19.3. The van der Waals surface area contributed by atoms with Crippen molar-refractivity contribution in [2.24, 2.45) is 0 Å². The van der Waals surface area contributed by atoms with E-state index in [1.165, 1.54) is 0 Å². The van der Waals surface area contributed by atoms with Crippen molar-refractivity contribution in [3.63, 3.8) is 0 Å². The average molecular weight is 444 g/mol. The Morgan fingerprint density at radius 3 is 2.52 bits per heavy atom. The minimum Gasteiger partial charge on any atom is -0.457 e. The van der Waals surface area contributed by atoms with Crippen LogP contribution in [0.4, 0.5) is 5.69 Å². The lowest BCUT2D eigenvalue weighted by Gasteiger charge is -2.36. The summed E-state index contributed by atoms with van der Waals surface area (Å²) in [4.78, 5) is 17.1. The molecule has 0 saturated carbocycles. The van der Waals surface area contributed by atoms with Gasteiger partial charge in [0.25, 0.3) is 5.91 Å². The zero-order valence-corrected chi connectivity index (χ0v) is 19.3. The van der Waals surface area contributed by atoms with Gasteiger partial charge in [-0.3, -0.25) is 9.78 Å². The fraction of sp³-hybridized carbons (Fsp3) is 0.269. The predicted octanol–water partition coefficient (Wildman–Crippen LogP) is 4.37. The molecular formula is C26H29N5O2. The molecule has 1 amide bonds. The van der Waals surface area contributed by atoms with E-state index in [0.717, 1.165) is 34.6 Å². The van der Waals surface area contributed by atoms with Crippen LogP contribution < -0.4 is 20.7 Å². The van der Waals surface area contributed by atoms with E-state index in [1.807, 2.05) is 56.4 Å². The summed E-state index contributed by atoms with van der Waals surface area (Å²) < 4.78 is 6.06. The SMILES string of the molecule is CNc1cc(Oc2ccnc(-c3ccc(C(=O)NC4CN[C@@H]4C)c(C)c3)c2)ccc1C(C)=N. The highest BCUT2D eigenvalue weighted by atomic mass is 16.5. The van der Waals surface area contributed by atoms with E-state index < -0.39 is 0 Å². The number of nitrogens with zero attached hydrogens (tertiary/aromatic N) is 1. The van der Waals surface area contributed by atoms with Crippen LogP contribution in [-0.4, -0.2) is 42.3 Å². The van der Waals surface area contributed by atoms with Crippen LogP contribution in [-0.2, 0) is 0 Å². The average Bonchev–Trinajstić information content (AvgIpc) is 2.81. The molecule has 4 rings (SSSR count). The van der Waals surface area contributed by atoms with Gasteiger partial charge in [0.15, 0.2) is 0 Å². The molecule has 2 aromatic carbocycles. The van der Waals surface area contributed by atoms with Gasteiger partial charge in [-0.05, 0) is 56.7 Å². The first-order chi connectivity index (χ1) is 15.9. The lowest BCUT2D eigenvalue weighted by molar-refractivity contribution is 0.0905. The summed E-state index contributed by atoms with van der Waals surface area (Å²) in [6, 6.07) is 15.5. The first-order valence-corrected chi connectivity index (χ1v) is 11.0. The third kappa shape index (κ3) is 4.88. The minimum absolute atomic E-state index is 0.0496. The van der Waals surface area contributed by atoms with E-state index >= 15 is 0 Å². The number of carbonyl (C=O) groups is 1. The third-order valence-corrected chi connectivity index (χ3v) is 5.98. The zero-order chi connectivity index (χ0) is 23.5. The summed E-state index contributed by atoms with van der Waals surface area (Å²) in [5.74, 6) is 1.28. The summed E-state index contributed by atoms with van der Waals surface area (Å²) in [6.45, 7) is 6.56. The maximum Gasteiger partial charge on any atom is 0.251 e. The summed E-state index contributed by atoms with van der Waals surface area (Å²) in [5.41, 5.74) is 5.41. The lowest BCUT2D eigenvalue weighted by atomic mass is 9.99. The smallest absolute Gasteiger partial charge is 0.251 e. The highest BCUT2D eigenvalue weighted by Gasteiger charge is 2.28. The van der Waals surface area contributed by atoms with E-state index in [1.54, 1.807) is 19.2 Å². The summed E-state index contributed by atoms with van der Waals surface area (Å²) in [6.07, 6.45) is 1.71. The number of benzene rings is 2. The van der Waals surface area contributed by atoms with Gasteiger partial charge in [-0.2, -0.15) is 0 Å². The molecule has 0 spiro atoms. The Hall–Kier alpha value is -3.71. The van der Waals surface area contributed by atoms with E-state index in [2.05, 4.69) is 27.9 Å². The monoisotopic (exact) mass is 443 g/mol. The second-order valence-corrected chi connectivity index (χ2v) is 8.37. The van der Waals surface area contributed by atoms with E-state index in [-0.39, 0.29) is 11.9 Å². The van der Waals surface area contributed by atoms with Crippen LogP contribution in [0.1, 0.15) is 35.3 Å². The van der Waals surface area contributed by atoms with Gasteiger partial charge in [-0.25, -0.2) is 0 Å². The van der Waals surface area contributed by atoms with Gasteiger partial charge in [0, 0.05) is 66.1 Å². The van der Waals surface area contributed by atoms with Crippen molar-refractivity contribution >= 4 is 17.3 Å². The molecule has 1 saturated heterocycles. The quantitative estimate of drug-likeness (QED) is 0.407. The van der Waals surface area contributed by atoms with Crippen molar-refractivity contribution in [3.8, 4) is 22.8 Å². The summed E-state index contributed by atoms with van der Waals surface area (Å²) in [5, 5.41) is 17.3. The third-order valence-electron chi connectivity index (χ3n) is 5.98. The van der Waals surface area contributed by atoms with Crippen molar-refractivity contribution in [2.45, 2.75) is 32.9 Å². The van der Waals surface area contributed by atoms with E-state index in [0.29, 0.717) is 28.8 Å². The standard InChI is InChI=1S/C26H29N5O2/c1-15-11-18(5-7-21(15)26(32)31-25-14-30-17(25)3)23-12-20(9-10-29-23)33-19-6-8-22(16(2)27)24(13-19)28-4/h5-13,17,25,27-28,30H,14H2,1-4H3,(H,31,32)/t17-,25?/m1/s1. The molecule has 7 nitrogen and oxygen atoms in total. The second kappa shape index (κ2) is 9.42. The van der Waals surface area contributed by atoms with Crippen LogP contribution in [0.5, 0.6) is 11.5 Å². The topological polar surface area (TPSA) is 99.1 Å². The molecule has 0 bridgehead atoms. The Bertz CT molecular complexity index is 1210. The molecule has 1 aromatic heterocycles. The van der Waals surface area contributed by atoms with Crippen LogP contribution in [0.3, 0.4) is 0 Å². The van der Waals surface area contributed by atoms with Gasteiger partial charge in [0.1, 0.15) is 11.5 Å². The minimum atomic E-state index is -0.0496. The van der Waals surface area contributed by atoms with Crippen molar-refractivity contribution in [1.82, 2.24) is 15.6 Å². The molecule has 4 N–H and O–H groups in total. The number of aromatic nitrogens is 1. The van der Waals surface area contributed by atoms with Crippen LogP contribution in [0.15, 0.2) is 54.7 Å². The number of nitrogens with one attached hydrogen (secondary N) is 4. The summed E-state index contributed by atoms with van der Waals surface area (Å²) >= 11 is 0. The van der Waals surface area contributed by atoms with Gasteiger partial charge in [0.2, 0.25) is 0 Å². The van der Waals surface area contributed by atoms with E-state index in [4.69, 9.17) is 10.1 Å². The van der Waals surface area contributed by atoms with Gasteiger partial charge in [-0.1, -0.05) is 6.07 Å². The predicted molar refractivity (Wildman–Crippen MR) is 132 cm³/mol. The first kappa shape index (κ1) is 22.5. The number of carbonyl (C=O) groups excluding carboxylic acids is 1. The molecule has 2 atom stereocenters. The summed E-state index contributed by atoms with van der Waals surface area (Å²) in [7, 11) is 1.83. The maximum atomic E-state index is 12.6. The molecule has 33 heavy (non-hydrogen) atoms. The molecule has 170 valence electrons. The number of hydrogen-bond donors (Lipinski definition) is 4. The molecule has 2 heterocycles.